The SMILES string of the molecule is CC(=O)c1c(O)c(C)c(O)c2c1OC1=CC(=O)/C(=C(/C)NCC(=O)NC3Cc4ccccc4C3)C(=O)[C@]12C. The fourth-order valence-electron chi connectivity index (χ4n) is 5.60. The highest BCUT2D eigenvalue weighted by Crippen LogP contribution is 2.57. The van der Waals surface area contributed by atoms with Crippen LogP contribution in [0, 0.1) is 6.92 Å². The van der Waals surface area contributed by atoms with Crippen molar-refractivity contribution in [2.75, 3.05) is 6.54 Å². The van der Waals surface area contributed by atoms with E-state index < -0.39 is 34.3 Å². The van der Waals surface area contributed by atoms with Crippen molar-refractivity contribution in [1.82, 2.24) is 10.6 Å². The second kappa shape index (κ2) is 8.86. The number of carbonyl (C=O) groups is 4. The van der Waals surface area contributed by atoms with E-state index in [-0.39, 0.29) is 58.0 Å². The standard InChI is InChI=1S/C29H28N2O7/c1-13-25(35)23(15(3)32)27-24(26(13)36)29(4)20(38-27)11-19(33)22(28(29)37)14(2)30-12-21(34)31-18-9-16-7-5-6-8-17(16)10-18/h5-8,11,18,30,35-36H,9-10,12H2,1-4H3,(H,31,34)/b22-14+/t29-/m1/s1. The molecule has 38 heavy (non-hydrogen) atoms. The molecule has 0 saturated carbocycles. The Morgan fingerprint density at radius 2 is 1.71 bits per heavy atom. The number of ketones is 3. The average molecular weight is 517 g/mol. The van der Waals surface area contributed by atoms with E-state index in [1.807, 2.05) is 24.3 Å². The van der Waals surface area contributed by atoms with Gasteiger partial charge in [-0.1, -0.05) is 24.3 Å². The van der Waals surface area contributed by atoms with E-state index in [0.29, 0.717) is 0 Å². The molecule has 5 rings (SSSR count). The molecule has 1 heterocycles. The van der Waals surface area contributed by atoms with Crippen molar-refractivity contribution in [3.8, 4) is 17.2 Å². The lowest BCUT2D eigenvalue weighted by Crippen LogP contribution is -2.43. The Morgan fingerprint density at radius 1 is 1.08 bits per heavy atom. The summed E-state index contributed by atoms with van der Waals surface area (Å²) in [5.41, 5.74) is 0.709. The highest BCUT2D eigenvalue weighted by molar-refractivity contribution is 6.31. The Labute approximate surface area is 219 Å². The Bertz CT molecular complexity index is 1490. The fourth-order valence-corrected chi connectivity index (χ4v) is 5.60. The first-order valence-corrected chi connectivity index (χ1v) is 12.3. The van der Waals surface area contributed by atoms with Gasteiger partial charge in [-0.05, 0) is 51.7 Å². The quantitative estimate of drug-likeness (QED) is 0.270. The molecule has 2 aromatic rings. The Hall–Kier alpha value is -4.40. The normalized spacial score (nSPS) is 21.2. The number of carbonyl (C=O) groups excluding carboxylic acids is 4. The third-order valence-corrected chi connectivity index (χ3v) is 7.69. The topological polar surface area (TPSA) is 142 Å². The molecule has 9 heteroatoms. The molecule has 1 amide bonds. The van der Waals surface area contributed by atoms with Gasteiger partial charge in [0.05, 0.1) is 17.7 Å². The van der Waals surface area contributed by atoms with E-state index in [1.54, 1.807) is 0 Å². The van der Waals surface area contributed by atoms with Gasteiger partial charge in [-0.25, -0.2) is 0 Å². The molecule has 2 aromatic carbocycles. The monoisotopic (exact) mass is 516 g/mol. The summed E-state index contributed by atoms with van der Waals surface area (Å²) in [5, 5.41) is 27.2. The lowest BCUT2D eigenvalue weighted by Gasteiger charge is -2.29. The van der Waals surface area contributed by atoms with Gasteiger partial charge in [-0.2, -0.15) is 0 Å². The van der Waals surface area contributed by atoms with Gasteiger partial charge in [0.25, 0.3) is 0 Å². The van der Waals surface area contributed by atoms with Gasteiger partial charge in [0.15, 0.2) is 17.3 Å². The fraction of sp³-hybridized carbons (Fsp3) is 0.310. The zero-order valence-electron chi connectivity index (χ0n) is 21.5. The third kappa shape index (κ3) is 3.69. The number of ether oxygens (including phenoxy) is 1. The largest absolute Gasteiger partial charge is 0.507 e. The number of hydrogen-bond donors (Lipinski definition) is 4. The number of Topliss-reactive ketones (excluding diaryl/α,β-unsaturated/α-hetero) is 2. The van der Waals surface area contributed by atoms with Crippen molar-refractivity contribution in [2.24, 2.45) is 0 Å². The van der Waals surface area contributed by atoms with Crippen molar-refractivity contribution in [3.63, 3.8) is 0 Å². The molecule has 9 nitrogen and oxygen atoms in total. The molecule has 0 fully saturated rings. The lowest BCUT2D eigenvalue weighted by atomic mass is 9.70. The van der Waals surface area contributed by atoms with Crippen LogP contribution in [0.1, 0.15) is 53.4 Å². The summed E-state index contributed by atoms with van der Waals surface area (Å²) in [6.45, 7) is 5.54. The summed E-state index contributed by atoms with van der Waals surface area (Å²) >= 11 is 0. The molecule has 0 radical (unpaired) electrons. The molecule has 0 unspecified atom stereocenters. The Balaban J connectivity index is 1.40. The van der Waals surface area contributed by atoms with Gasteiger partial charge in [-0.15, -0.1) is 0 Å². The summed E-state index contributed by atoms with van der Waals surface area (Å²) < 4.78 is 5.76. The van der Waals surface area contributed by atoms with Crippen LogP contribution in [0.2, 0.25) is 0 Å². The molecule has 0 bridgehead atoms. The maximum absolute atomic E-state index is 13.8. The first-order chi connectivity index (χ1) is 17.9. The van der Waals surface area contributed by atoms with Crippen molar-refractivity contribution >= 4 is 23.3 Å². The van der Waals surface area contributed by atoms with Crippen LogP contribution in [-0.2, 0) is 32.6 Å². The maximum atomic E-state index is 13.8. The van der Waals surface area contributed by atoms with Crippen LogP contribution in [0.15, 0.2) is 47.4 Å². The van der Waals surface area contributed by atoms with E-state index in [4.69, 9.17) is 4.74 Å². The van der Waals surface area contributed by atoms with E-state index in [9.17, 15) is 29.4 Å². The van der Waals surface area contributed by atoms with E-state index in [1.165, 1.54) is 38.8 Å². The Kier molecular flexibility index (Phi) is 5.89. The first kappa shape index (κ1) is 25.3. The number of hydrogen-bond acceptors (Lipinski definition) is 8. The Morgan fingerprint density at radius 3 is 2.32 bits per heavy atom. The molecule has 1 atom stereocenters. The predicted octanol–water partition coefficient (Wildman–Crippen LogP) is 2.44. The van der Waals surface area contributed by atoms with E-state index in [2.05, 4.69) is 10.6 Å². The maximum Gasteiger partial charge on any atom is 0.239 e. The van der Waals surface area contributed by atoms with Crippen LogP contribution in [0.25, 0.3) is 0 Å². The summed E-state index contributed by atoms with van der Waals surface area (Å²) in [5.74, 6) is -3.09. The van der Waals surface area contributed by atoms with Crippen molar-refractivity contribution < 1.29 is 34.1 Å². The molecular formula is C29H28N2O7. The average Bonchev–Trinajstić information content (AvgIpc) is 3.39. The molecule has 0 saturated heterocycles. The smallest absolute Gasteiger partial charge is 0.239 e. The van der Waals surface area contributed by atoms with Gasteiger partial charge in [0, 0.05) is 23.4 Å². The number of aromatic hydroxyl groups is 2. The van der Waals surface area contributed by atoms with Crippen molar-refractivity contribution in [3.05, 3.63) is 75.2 Å². The molecule has 0 aromatic heterocycles. The summed E-state index contributed by atoms with van der Waals surface area (Å²) in [6.07, 6.45) is 2.63. The number of amides is 1. The van der Waals surface area contributed by atoms with Gasteiger partial charge >= 0.3 is 0 Å². The lowest BCUT2D eigenvalue weighted by molar-refractivity contribution is -0.124. The molecule has 3 aliphatic rings. The molecule has 2 aliphatic carbocycles. The number of allylic oxidation sites excluding steroid dienone is 4. The second-order valence-corrected chi connectivity index (χ2v) is 10.2. The van der Waals surface area contributed by atoms with Crippen LogP contribution >= 0.6 is 0 Å². The minimum absolute atomic E-state index is 0.0191. The van der Waals surface area contributed by atoms with E-state index in [0.717, 1.165) is 18.9 Å². The zero-order chi connectivity index (χ0) is 27.5. The second-order valence-electron chi connectivity index (χ2n) is 10.2. The molecule has 4 N–H and O–H groups in total. The van der Waals surface area contributed by atoms with Gasteiger partial charge in [0.1, 0.15) is 34.0 Å². The number of fused-ring (bicyclic) bond motifs is 4. The van der Waals surface area contributed by atoms with E-state index >= 15 is 0 Å². The molecular weight excluding hydrogens is 488 g/mol. The highest BCUT2D eigenvalue weighted by Gasteiger charge is 2.56. The third-order valence-electron chi connectivity index (χ3n) is 7.69. The minimum Gasteiger partial charge on any atom is -0.507 e. The predicted molar refractivity (Wildman–Crippen MR) is 137 cm³/mol. The van der Waals surface area contributed by atoms with Crippen LogP contribution < -0.4 is 15.4 Å². The van der Waals surface area contributed by atoms with Crippen molar-refractivity contribution in [1.29, 1.82) is 0 Å². The number of phenols is 2. The summed E-state index contributed by atoms with van der Waals surface area (Å²) in [4.78, 5) is 51.8. The first-order valence-electron chi connectivity index (χ1n) is 12.3. The van der Waals surface area contributed by atoms with Gasteiger partial charge in [-0.3, -0.25) is 19.2 Å². The summed E-state index contributed by atoms with van der Waals surface area (Å²) in [7, 11) is 0. The number of nitrogens with one attached hydrogen (secondary N) is 2. The van der Waals surface area contributed by atoms with Gasteiger partial charge in [0.2, 0.25) is 5.91 Å². The van der Waals surface area contributed by atoms with Crippen molar-refractivity contribution in [2.45, 2.75) is 52.0 Å². The molecule has 0 spiro atoms. The van der Waals surface area contributed by atoms with Crippen LogP contribution in [0.4, 0.5) is 0 Å². The summed E-state index contributed by atoms with van der Waals surface area (Å²) in [6, 6.07) is 8.00. The zero-order valence-corrected chi connectivity index (χ0v) is 21.5. The number of rotatable bonds is 5. The molecule has 1 aliphatic heterocycles. The van der Waals surface area contributed by atoms with Crippen LogP contribution in [0.3, 0.4) is 0 Å². The van der Waals surface area contributed by atoms with Crippen LogP contribution in [-0.4, -0.2) is 46.1 Å². The number of benzene rings is 2. The minimum atomic E-state index is -1.61. The highest BCUT2D eigenvalue weighted by atomic mass is 16.5. The molecule has 196 valence electrons. The van der Waals surface area contributed by atoms with Gasteiger partial charge < -0.3 is 25.6 Å². The van der Waals surface area contributed by atoms with Crippen LogP contribution in [0.5, 0.6) is 17.2 Å². The number of phenolic OH excluding ortho intramolecular Hbond substituents is 2.